The maximum Gasteiger partial charge on any atom is 0.237 e. The molecule has 0 aliphatic carbocycles. The fraction of sp³-hybridized carbons (Fsp3) is 0.632. The van der Waals surface area contributed by atoms with E-state index in [4.69, 9.17) is 4.74 Å². The number of benzene rings is 1. The van der Waals surface area contributed by atoms with E-state index in [1.54, 1.807) is 0 Å². The van der Waals surface area contributed by atoms with Crippen molar-refractivity contribution in [3.63, 3.8) is 0 Å². The van der Waals surface area contributed by atoms with Crippen LogP contribution in [-0.2, 0) is 4.79 Å². The molecule has 2 saturated heterocycles. The van der Waals surface area contributed by atoms with Gasteiger partial charge in [0.2, 0.25) is 5.91 Å². The number of carbonyl (C=O) groups is 1. The SMILES string of the molecule is CCOc1ccc(C2CCCN2C(=O)CN2CCC(CO)C2)cc1. The average molecular weight is 332 g/mol. The van der Waals surface area contributed by atoms with Gasteiger partial charge in [0.25, 0.3) is 0 Å². The van der Waals surface area contributed by atoms with Gasteiger partial charge in [-0.25, -0.2) is 0 Å². The lowest BCUT2D eigenvalue weighted by atomic mass is 10.0. The number of hydrogen-bond acceptors (Lipinski definition) is 4. The number of carbonyl (C=O) groups excluding carboxylic acids is 1. The zero-order valence-electron chi connectivity index (χ0n) is 14.5. The molecule has 0 radical (unpaired) electrons. The van der Waals surface area contributed by atoms with Crippen LogP contribution in [0.5, 0.6) is 5.75 Å². The van der Waals surface area contributed by atoms with Crippen LogP contribution in [0.15, 0.2) is 24.3 Å². The molecule has 2 aliphatic heterocycles. The Labute approximate surface area is 144 Å². The van der Waals surface area contributed by atoms with Crippen molar-refractivity contribution in [1.29, 1.82) is 0 Å². The number of amides is 1. The van der Waals surface area contributed by atoms with E-state index in [-0.39, 0.29) is 18.6 Å². The van der Waals surface area contributed by atoms with Crippen LogP contribution in [-0.4, -0.2) is 60.2 Å². The molecule has 5 nitrogen and oxygen atoms in total. The van der Waals surface area contributed by atoms with E-state index in [0.717, 1.165) is 44.6 Å². The highest BCUT2D eigenvalue weighted by atomic mass is 16.5. The summed E-state index contributed by atoms with van der Waals surface area (Å²) in [5.41, 5.74) is 1.19. The van der Waals surface area contributed by atoms with Crippen molar-refractivity contribution in [3.8, 4) is 5.75 Å². The van der Waals surface area contributed by atoms with Crippen molar-refractivity contribution in [1.82, 2.24) is 9.80 Å². The van der Waals surface area contributed by atoms with E-state index in [1.807, 2.05) is 24.0 Å². The number of ether oxygens (including phenoxy) is 1. The molecular formula is C19H28N2O3. The van der Waals surface area contributed by atoms with E-state index in [0.29, 0.717) is 19.1 Å². The molecule has 2 fully saturated rings. The van der Waals surface area contributed by atoms with Crippen LogP contribution in [0.1, 0.15) is 37.8 Å². The first kappa shape index (κ1) is 17.2. The first-order valence-electron chi connectivity index (χ1n) is 9.06. The number of likely N-dealkylation sites (tertiary alicyclic amines) is 2. The maximum atomic E-state index is 12.7. The normalized spacial score (nSPS) is 24.5. The molecule has 0 aromatic heterocycles. The Morgan fingerprint density at radius 1 is 1.25 bits per heavy atom. The van der Waals surface area contributed by atoms with Crippen molar-refractivity contribution in [2.24, 2.45) is 5.92 Å². The molecule has 1 N–H and O–H groups in total. The van der Waals surface area contributed by atoms with Crippen LogP contribution in [0.3, 0.4) is 0 Å². The summed E-state index contributed by atoms with van der Waals surface area (Å²) >= 11 is 0. The first-order valence-corrected chi connectivity index (χ1v) is 9.06. The highest BCUT2D eigenvalue weighted by molar-refractivity contribution is 5.79. The van der Waals surface area contributed by atoms with Gasteiger partial charge >= 0.3 is 0 Å². The van der Waals surface area contributed by atoms with Crippen LogP contribution in [0.25, 0.3) is 0 Å². The van der Waals surface area contributed by atoms with Gasteiger partial charge in [0, 0.05) is 19.7 Å². The first-order chi connectivity index (χ1) is 11.7. The molecule has 2 atom stereocenters. The molecule has 2 heterocycles. The number of rotatable bonds is 6. The van der Waals surface area contributed by atoms with Gasteiger partial charge in [0.15, 0.2) is 0 Å². The third kappa shape index (κ3) is 3.90. The van der Waals surface area contributed by atoms with Crippen LogP contribution < -0.4 is 4.74 Å². The standard InChI is InChI=1S/C19H28N2O3/c1-2-24-17-7-5-16(6-8-17)18-4-3-10-21(18)19(23)13-20-11-9-15(12-20)14-22/h5-8,15,18,22H,2-4,9-14H2,1H3. The van der Waals surface area contributed by atoms with Gasteiger partial charge in [-0.3, -0.25) is 9.69 Å². The van der Waals surface area contributed by atoms with Crippen molar-refractivity contribution < 1.29 is 14.6 Å². The molecule has 5 heteroatoms. The number of aliphatic hydroxyl groups is 1. The summed E-state index contributed by atoms with van der Waals surface area (Å²) in [6.45, 7) is 5.94. The lowest BCUT2D eigenvalue weighted by Gasteiger charge is -2.27. The van der Waals surface area contributed by atoms with Gasteiger partial charge in [-0.15, -0.1) is 0 Å². The van der Waals surface area contributed by atoms with E-state index in [1.165, 1.54) is 5.56 Å². The maximum absolute atomic E-state index is 12.7. The number of aliphatic hydroxyl groups excluding tert-OH is 1. The molecule has 0 spiro atoms. The summed E-state index contributed by atoms with van der Waals surface area (Å²) in [5, 5.41) is 9.25. The Kier molecular flexibility index (Phi) is 5.74. The minimum atomic E-state index is 0.185. The lowest BCUT2D eigenvalue weighted by Crippen LogP contribution is -2.39. The van der Waals surface area contributed by atoms with Gasteiger partial charge in [-0.1, -0.05) is 12.1 Å². The minimum absolute atomic E-state index is 0.185. The summed E-state index contributed by atoms with van der Waals surface area (Å²) < 4.78 is 5.50. The third-order valence-corrected chi connectivity index (χ3v) is 5.14. The van der Waals surface area contributed by atoms with Crippen LogP contribution in [0.4, 0.5) is 0 Å². The molecule has 1 aromatic carbocycles. The van der Waals surface area contributed by atoms with E-state index in [9.17, 15) is 9.90 Å². The van der Waals surface area contributed by atoms with Crippen molar-refractivity contribution in [2.75, 3.05) is 39.4 Å². The summed E-state index contributed by atoms with van der Waals surface area (Å²) in [5.74, 6) is 1.42. The molecule has 1 aromatic rings. The Balaban J connectivity index is 1.61. The molecular weight excluding hydrogens is 304 g/mol. The molecule has 0 bridgehead atoms. The zero-order chi connectivity index (χ0) is 16.9. The number of hydrogen-bond donors (Lipinski definition) is 1. The van der Waals surface area contributed by atoms with Gasteiger partial charge in [0.05, 0.1) is 19.2 Å². The summed E-state index contributed by atoms with van der Waals surface area (Å²) in [4.78, 5) is 17.0. The van der Waals surface area contributed by atoms with E-state index < -0.39 is 0 Å². The predicted octanol–water partition coefficient (Wildman–Crippen LogP) is 2.06. The highest BCUT2D eigenvalue weighted by Crippen LogP contribution is 2.33. The quantitative estimate of drug-likeness (QED) is 0.866. The molecule has 2 aliphatic rings. The fourth-order valence-corrected chi connectivity index (χ4v) is 3.85. The Bertz CT molecular complexity index is 546. The van der Waals surface area contributed by atoms with E-state index in [2.05, 4.69) is 17.0 Å². The second-order valence-electron chi connectivity index (χ2n) is 6.82. The zero-order valence-corrected chi connectivity index (χ0v) is 14.5. The summed E-state index contributed by atoms with van der Waals surface area (Å²) in [7, 11) is 0. The Hall–Kier alpha value is -1.59. The predicted molar refractivity (Wildman–Crippen MR) is 92.9 cm³/mol. The molecule has 24 heavy (non-hydrogen) atoms. The average Bonchev–Trinajstić information content (AvgIpc) is 3.25. The second-order valence-corrected chi connectivity index (χ2v) is 6.82. The van der Waals surface area contributed by atoms with Gasteiger partial charge in [-0.05, 0) is 56.3 Å². The Morgan fingerprint density at radius 3 is 2.71 bits per heavy atom. The minimum Gasteiger partial charge on any atom is -0.494 e. The van der Waals surface area contributed by atoms with Crippen molar-refractivity contribution in [2.45, 2.75) is 32.2 Å². The largest absolute Gasteiger partial charge is 0.494 e. The molecule has 2 unspecified atom stereocenters. The molecule has 3 rings (SSSR count). The Morgan fingerprint density at radius 2 is 2.04 bits per heavy atom. The van der Waals surface area contributed by atoms with Crippen molar-refractivity contribution >= 4 is 5.91 Å². The topological polar surface area (TPSA) is 53.0 Å². The van der Waals surface area contributed by atoms with Gasteiger partial charge in [-0.2, -0.15) is 0 Å². The van der Waals surface area contributed by atoms with Crippen LogP contribution in [0.2, 0.25) is 0 Å². The summed E-state index contributed by atoms with van der Waals surface area (Å²) in [6.07, 6.45) is 3.08. The smallest absolute Gasteiger partial charge is 0.237 e. The van der Waals surface area contributed by atoms with Gasteiger partial charge < -0.3 is 14.7 Å². The summed E-state index contributed by atoms with van der Waals surface area (Å²) in [6, 6.07) is 8.33. The van der Waals surface area contributed by atoms with Crippen LogP contribution in [0, 0.1) is 5.92 Å². The lowest BCUT2D eigenvalue weighted by molar-refractivity contribution is -0.133. The van der Waals surface area contributed by atoms with E-state index >= 15 is 0 Å². The molecule has 0 saturated carbocycles. The van der Waals surface area contributed by atoms with Crippen molar-refractivity contribution in [3.05, 3.63) is 29.8 Å². The van der Waals surface area contributed by atoms with Gasteiger partial charge in [0.1, 0.15) is 5.75 Å². The van der Waals surface area contributed by atoms with Crippen LogP contribution >= 0.6 is 0 Å². The third-order valence-electron chi connectivity index (χ3n) is 5.14. The highest BCUT2D eigenvalue weighted by Gasteiger charge is 2.32. The second kappa shape index (κ2) is 7.99. The monoisotopic (exact) mass is 332 g/mol. The number of nitrogens with zero attached hydrogens (tertiary/aromatic N) is 2. The molecule has 1 amide bonds. The fourth-order valence-electron chi connectivity index (χ4n) is 3.85. The molecule has 132 valence electrons.